The number of aryl methyl sites for hydroxylation is 3. The van der Waals surface area contributed by atoms with Crippen LogP contribution in [0.4, 0.5) is 5.69 Å². The zero-order valence-electron chi connectivity index (χ0n) is 14.3. The van der Waals surface area contributed by atoms with Gasteiger partial charge in [-0.1, -0.05) is 0 Å². The molecule has 1 heterocycles. The first-order chi connectivity index (χ1) is 11.6. The summed E-state index contributed by atoms with van der Waals surface area (Å²) in [6, 6.07) is 2.94. The summed E-state index contributed by atoms with van der Waals surface area (Å²) >= 11 is 0. The molecule has 2 aromatic rings. The summed E-state index contributed by atoms with van der Waals surface area (Å²) in [4.78, 5) is 34.2. The Balaban J connectivity index is 2.27. The Morgan fingerprint density at radius 1 is 1.20 bits per heavy atom. The molecule has 0 saturated heterocycles. The number of aromatic carboxylic acids is 1. The van der Waals surface area contributed by atoms with Gasteiger partial charge in [0.2, 0.25) is 0 Å². The minimum Gasteiger partial charge on any atom is -0.478 e. The number of carboxylic acid groups (broad SMARTS) is 1. The van der Waals surface area contributed by atoms with Gasteiger partial charge in [-0.05, 0) is 45.4 Å². The highest BCUT2D eigenvalue weighted by atomic mass is 16.6. The lowest BCUT2D eigenvalue weighted by molar-refractivity contribution is -0.386. The summed E-state index contributed by atoms with van der Waals surface area (Å²) in [7, 11) is 0. The van der Waals surface area contributed by atoms with Crippen molar-refractivity contribution in [2.45, 2.75) is 34.2 Å². The molecule has 0 aliphatic heterocycles. The second-order valence-electron chi connectivity index (χ2n) is 5.79. The van der Waals surface area contributed by atoms with Crippen molar-refractivity contribution in [2.24, 2.45) is 0 Å². The molecule has 8 nitrogen and oxygen atoms in total. The van der Waals surface area contributed by atoms with Crippen LogP contribution < -0.4 is 5.32 Å². The SMILES string of the molecule is Cc1cc(C)c([N+](=O)[O-])c(C)c1C(=O)NCc1cc(C(=O)O)c(C)o1. The molecule has 1 aromatic heterocycles. The van der Waals surface area contributed by atoms with E-state index in [1.54, 1.807) is 19.9 Å². The van der Waals surface area contributed by atoms with Crippen molar-refractivity contribution in [1.82, 2.24) is 5.32 Å². The van der Waals surface area contributed by atoms with Crippen molar-refractivity contribution in [2.75, 3.05) is 0 Å². The van der Waals surface area contributed by atoms with Gasteiger partial charge in [0, 0.05) is 11.1 Å². The van der Waals surface area contributed by atoms with Crippen LogP contribution in [-0.4, -0.2) is 21.9 Å². The smallest absolute Gasteiger partial charge is 0.339 e. The Kier molecular flexibility index (Phi) is 4.92. The molecule has 8 heteroatoms. The summed E-state index contributed by atoms with van der Waals surface area (Å²) < 4.78 is 5.30. The highest BCUT2D eigenvalue weighted by Crippen LogP contribution is 2.28. The molecule has 132 valence electrons. The van der Waals surface area contributed by atoms with E-state index in [1.807, 2.05) is 0 Å². The minimum absolute atomic E-state index is 0.0203. The van der Waals surface area contributed by atoms with E-state index >= 15 is 0 Å². The number of furan rings is 1. The largest absolute Gasteiger partial charge is 0.478 e. The summed E-state index contributed by atoms with van der Waals surface area (Å²) in [6.45, 7) is 6.36. The first-order valence-corrected chi connectivity index (χ1v) is 7.49. The average Bonchev–Trinajstić information content (AvgIpc) is 2.85. The number of carbonyl (C=O) groups excluding carboxylic acids is 1. The molecule has 0 saturated carbocycles. The van der Waals surface area contributed by atoms with Crippen LogP contribution in [0.1, 0.15) is 48.9 Å². The van der Waals surface area contributed by atoms with E-state index in [0.717, 1.165) is 0 Å². The lowest BCUT2D eigenvalue weighted by Crippen LogP contribution is -2.25. The van der Waals surface area contributed by atoms with Gasteiger partial charge in [-0.3, -0.25) is 14.9 Å². The third kappa shape index (κ3) is 3.52. The number of nitrogens with zero attached hydrogens (tertiary/aromatic N) is 1. The van der Waals surface area contributed by atoms with Crippen LogP contribution in [0.25, 0.3) is 0 Å². The molecule has 0 bridgehead atoms. The maximum Gasteiger partial charge on any atom is 0.339 e. The van der Waals surface area contributed by atoms with Crippen molar-refractivity contribution in [3.8, 4) is 0 Å². The van der Waals surface area contributed by atoms with Crippen LogP contribution in [0.15, 0.2) is 16.5 Å². The fourth-order valence-electron chi connectivity index (χ4n) is 2.90. The second kappa shape index (κ2) is 6.76. The molecular formula is C17H18N2O6. The van der Waals surface area contributed by atoms with E-state index in [0.29, 0.717) is 22.5 Å². The number of benzene rings is 1. The summed E-state index contributed by atoms with van der Waals surface area (Å²) in [5.41, 5.74) is 1.59. The highest BCUT2D eigenvalue weighted by molar-refractivity contribution is 5.98. The van der Waals surface area contributed by atoms with E-state index < -0.39 is 16.8 Å². The molecule has 0 unspecified atom stereocenters. The number of rotatable bonds is 5. The van der Waals surface area contributed by atoms with Crippen LogP contribution in [0, 0.1) is 37.8 Å². The summed E-state index contributed by atoms with van der Waals surface area (Å²) in [6.07, 6.45) is 0. The Morgan fingerprint density at radius 3 is 2.36 bits per heavy atom. The van der Waals surface area contributed by atoms with Gasteiger partial charge in [-0.2, -0.15) is 0 Å². The van der Waals surface area contributed by atoms with Crippen molar-refractivity contribution in [1.29, 1.82) is 0 Å². The Morgan fingerprint density at radius 2 is 1.84 bits per heavy atom. The standard InChI is InChI=1S/C17H18N2O6/c1-8-5-9(2)15(19(23)24)10(3)14(8)16(20)18-7-12-6-13(17(21)22)11(4)25-12/h5-6H,7H2,1-4H3,(H,18,20)(H,21,22). The number of carbonyl (C=O) groups is 2. The average molecular weight is 346 g/mol. The lowest BCUT2D eigenvalue weighted by atomic mass is 9.97. The molecule has 25 heavy (non-hydrogen) atoms. The van der Waals surface area contributed by atoms with Crippen molar-refractivity contribution >= 4 is 17.6 Å². The van der Waals surface area contributed by atoms with Gasteiger partial charge in [0.25, 0.3) is 11.6 Å². The van der Waals surface area contributed by atoms with Gasteiger partial charge in [0.15, 0.2) is 0 Å². The molecule has 1 aromatic carbocycles. The number of nitro benzene ring substituents is 1. The summed E-state index contributed by atoms with van der Waals surface area (Å²) in [5, 5.41) is 22.8. The fourth-order valence-corrected chi connectivity index (χ4v) is 2.90. The molecule has 0 aliphatic rings. The van der Waals surface area contributed by atoms with Gasteiger partial charge in [-0.25, -0.2) is 4.79 Å². The third-order valence-corrected chi connectivity index (χ3v) is 3.96. The molecule has 0 aliphatic carbocycles. The van der Waals surface area contributed by atoms with Crippen molar-refractivity contribution in [3.05, 3.63) is 61.6 Å². The van der Waals surface area contributed by atoms with Crippen molar-refractivity contribution < 1.29 is 24.0 Å². The molecule has 0 spiro atoms. The van der Waals surface area contributed by atoms with Gasteiger partial charge >= 0.3 is 5.97 Å². The van der Waals surface area contributed by atoms with Crippen LogP contribution >= 0.6 is 0 Å². The van der Waals surface area contributed by atoms with Crippen LogP contribution in [0.2, 0.25) is 0 Å². The fraction of sp³-hybridized carbons (Fsp3) is 0.294. The number of amides is 1. The molecule has 0 fully saturated rings. The topological polar surface area (TPSA) is 123 Å². The number of hydrogen-bond donors (Lipinski definition) is 2. The first-order valence-electron chi connectivity index (χ1n) is 7.49. The summed E-state index contributed by atoms with van der Waals surface area (Å²) in [5.74, 6) is -1.06. The number of nitro groups is 1. The van der Waals surface area contributed by atoms with Gasteiger partial charge in [0.05, 0.1) is 17.0 Å². The lowest BCUT2D eigenvalue weighted by Gasteiger charge is -2.12. The maximum absolute atomic E-state index is 12.5. The zero-order chi connectivity index (χ0) is 18.9. The second-order valence-corrected chi connectivity index (χ2v) is 5.79. The number of carboxylic acids is 1. The molecule has 0 atom stereocenters. The zero-order valence-corrected chi connectivity index (χ0v) is 14.3. The van der Waals surface area contributed by atoms with Gasteiger partial charge in [-0.15, -0.1) is 0 Å². The third-order valence-electron chi connectivity index (χ3n) is 3.96. The Bertz CT molecular complexity index is 882. The van der Waals surface area contributed by atoms with Gasteiger partial charge in [0.1, 0.15) is 17.1 Å². The number of nitrogens with one attached hydrogen (secondary N) is 1. The molecule has 2 N–H and O–H groups in total. The minimum atomic E-state index is -1.11. The van der Waals surface area contributed by atoms with E-state index in [4.69, 9.17) is 9.52 Å². The van der Waals surface area contributed by atoms with Crippen LogP contribution in [0.5, 0.6) is 0 Å². The molecule has 1 amide bonds. The molecule has 2 rings (SSSR count). The Labute approximate surface area is 143 Å². The van der Waals surface area contributed by atoms with Gasteiger partial charge < -0.3 is 14.8 Å². The van der Waals surface area contributed by atoms with Crippen LogP contribution in [0.3, 0.4) is 0 Å². The van der Waals surface area contributed by atoms with E-state index in [2.05, 4.69) is 5.32 Å². The van der Waals surface area contributed by atoms with E-state index in [-0.39, 0.29) is 29.1 Å². The van der Waals surface area contributed by atoms with E-state index in [9.17, 15) is 19.7 Å². The Hall–Kier alpha value is -3.16. The van der Waals surface area contributed by atoms with Crippen LogP contribution in [-0.2, 0) is 6.54 Å². The number of hydrogen-bond acceptors (Lipinski definition) is 5. The normalized spacial score (nSPS) is 10.6. The van der Waals surface area contributed by atoms with Crippen molar-refractivity contribution in [3.63, 3.8) is 0 Å². The van der Waals surface area contributed by atoms with E-state index in [1.165, 1.54) is 19.9 Å². The molecule has 0 radical (unpaired) electrons. The molecular weight excluding hydrogens is 328 g/mol. The first kappa shape index (κ1) is 18.2. The quantitative estimate of drug-likeness (QED) is 0.633. The monoisotopic (exact) mass is 346 g/mol. The predicted molar refractivity (Wildman–Crippen MR) is 88.9 cm³/mol. The predicted octanol–water partition coefficient (Wildman–Crippen LogP) is 3.05. The maximum atomic E-state index is 12.5. The highest BCUT2D eigenvalue weighted by Gasteiger charge is 2.24.